The normalized spacial score (nSPS) is 25.5. The minimum absolute atomic E-state index is 0.823. The molecule has 1 aliphatic heterocycles. The maximum atomic E-state index is 2.79. The Hall–Kier alpha value is -0.820. The monoisotopic (exact) mass is 285 g/mol. The molecule has 1 aromatic rings. The standard InChI is InChI=1S/C20H31N/c1-4-11-21-12-7-8-17-13-19-16(14-20(17)21)10-9-15(5-2)18(19)6-3/h9-10,17,20H,4-8,11-14H2,1-3H3/t17-,20?/m1/s1. The van der Waals surface area contributed by atoms with E-state index in [2.05, 4.69) is 37.8 Å². The number of aryl methyl sites for hydroxylation is 1. The quantitative estimate of drug-likeness (QED) is 0.792. The molecule has 0 amide bonds. The van der Waals surface area contributed by atoms with Crippen LogP contribution in [0.4, 0.5) is 0 Å². The lowest BCUT2D eigenvalue weighted by Crippen LogP contribution is -2.49. The van der Waals surface area contributed by atoms with Crippen LogP contribution in [-0.2, 0) is 25.7 Å². The highest BCUT2D eigenvalue weighted by Gasteiger charge is 2.35. The van der Waals surface area contributed by atoms with Crippen molar-refractivity contribution in [3.05, 3.63) is 34.4 Å². The molecule has 0 bridgehead atoms. The Labute approximate surface area is 130 Å². The van der Waals surface area contributed by atoms with Gasteiger partial charge in [-0.3, -0.25) is 4.90 Å². The largest absolute Gasteiger partial charge is 0.300 e. The number of benzene rings is 1. The summed E-state index contributed by atoms with van der Waals surface area (Å²) in [6.45, 7) is 9.59. The number of hydrogen-bond donors (Lipinski definition) is 0. The molecule has 1 nitrogen and oxygen atoms in total. The van der Waals surface area contributed by atoms with Crippen molar-refractivity contribution in [2.24, 2.45) is 5.92 Å². The Balaban J connectivity index is 1.92. The number of nitrogens with zero attached hydrogens (tertiary/aromatic N) is 1. The third-order valence-electron chi connectivity index (χ3n) is 5.80. The first-order chi connectivity index (χ1) is 10.3. The molecule has 3 rings (SSSR count). The van der Waals surface area contributed by atoms with Crippen LogP contribution < -0.4 is 0 Å². The Morgan fingerprint density at radius 2 is 1.95 bits per heavy atom. The van der Waals surface area contributed by atoms with Crippen LogP contribution >= 0.6 is 0 Å². The van der Waals surface area contributed by atoms with E-state index in [1.807, 2.05) is 0 Å². The first-order valence-electron chi connectivity index (χ1n) is 9.14. The van der Waals surface area contributed by atoms with E-state index in [9.17, 15) is 0 Å². The molecule has 1 heteroatoms. The van der Waals surface area contributed by atoms with Crippen molar-refractivity contribution in [2.75, 3.05) is 13.1 Å². The lowest BCUT2D eigenvalue weighted by molar-refractivity contribution is 0.0853. The van der Waals surface area contributed by atoms with Gasteiger partial charge in [-0.25, -0.2) is 0 Å². The SMILES string of the molecule is CCCN1CCC[C@@H]2Cc3c(ccc(CC)c3CC)CC21. The molecule has 0 saturated carbocycles. The molecule has 1 unspecified atom stereocenters. The zero-order valence-electron chi connectivity index (χ0n) is 14.1. The lowest BCUT2D eigenvalue weighted by Gasteiger charge is -2.45. The summed E-state index contributed by atoms with van der Waals surface area (Å²) in [6, 6.07) is 5.68. The van der Waals surface area contributed by atoms with Crippen molar-refractivity contribution in [2.45, 2.75) is 71.8 Å². The van der Waals surface area contributed by atoms with Gasteiger partial charge in [0.25, 0.3) is 0 Å². The molecule has 2 aliphatic rings. The topological polar surface area (TPSA) is 3.24 Å². The van der Waals surface area contributed by atoms with E-state index in [0.717, 1.165) is 12.0 Å². The summed E-state index contributed by atoms with van der Waals surface area (Å²) in [5.41, 5.74) is 6.67. The maximum absolute atomic E-state index is 2.79. The smallest absolute Gasteiger partial charge is 0.0167 e. The number of fused-ring (bicyclic) bond motifs is 2. The van der Waals surface area contributed by atoms with Gasteiger partial charge in [-0.1, -0.05) is 32.9 Å². The molecule has 116 valence electrons. The molecule has 1 fully saturated rings. The molecule has 0 radical (unpaired) electrons. The van der Waals surface area contributed by atoms with Crippen molar-refractivity contribution in [3.8, 4) is 0 Å². The Bertz CT molecular complexity index is 489. The summed E-state index contributed by atoms with van der Waals surface area (Å²) >= 11 is 0. The second kappa shape index (κ2) is 6.52. The fourth-order valence-corrected chi connectivity index (χ4v) is 4.81. The maximum Gasteiger partial charge on any atom is 0.0167 e. The van der Waals surface area contributed by atoms with Crippen molar-refractivity contribution in [1.82, 2.24) is 4.90 Å². The molecule has 0 N–H and O–H groups in total. The van der Waals surface area contributed by atoms with Gasteiger partial charge in [0.2, 0.25) is 0 Å². The van der Waals surface area contributed by atoms with E-state index in [1.165, 1.54) is 58.0 Å². The number of likely N-dealkylation sites (tertiary alicyclic amines) is 1. The van der Waals surface area contributed by atoms with Gasteiger partial charge < -0.3 is 0 Å². The van der Waals surface area contributed by atoms with Crippen LogP contribution in [0.25, 0.3) is 0 Å². The van der Waals surface area contributed by atoms with E-state index in [0.29, 0.717) is 0 Å². The van der Waals surface area contributed by atoms with Gasteiger partial charge in [-0.2, -0.15) is 0 Å². The Morgan fingerprint density at radius 1 is 1.10 bits per heavy atom. The van der Waals surface area contributed by atoms with Crippen molar-refractivity contribution in [3.63, 3.8) is 0 Å². The van der Waals surface area contributed by atoms with Gasteiger partial charge in [0, 0.05) is 6.04 Å². The zero-order valence-corrected chi connectivity index (χ0v) is 14.1. The van der Waals surface area contributed by atoms with Gasteiger partial charge >= 0.3 is 0 Å². The van der Waals surface area contributed by atoms with Crippen molar-refractivity contribution in [1.29, 1.82) is 0 Å². The van der Waals surface area contributed by atoms with E-state index < -0.39 is 0 Å². The molecule has 2 atom stereocenters. The van der Waals surface area contributed by atoms with E-state index in [1.54, 1.807) is 22.3 Å². The predicted octanol–water partition coefficient (Wildman–Crippen LogP) is 4.40. The minimum Gasteiger partial charge on any atom is -0.300 e. The summed E-state index contributed by atoms with van der Waals surface area (Å²) in [5, 5.41) is 0. The average Bonchev–Trinajstić information content (AvgIpc) is 2.52. The second-order valence-corrected chi connectivity index (χ2v) is 6.96. The van der Waals surface area contributed by atoms with Crippen LogP contribution in [0, 0.1) is 5.92 Å². The minimum atomic E-state index is 0.823. The van der Waals surface area contributed by atoms with Crippen molar-refractivity contribution >= 4 is 0 Å². The van der Waals surface area contributed by atoms with Crippen LogP contribution in [0.5, 0.6) is 0 Å². The fourth-order valence-electron chi connectivity index (χ4n) is 4.81. The van der Waals surface area contributed by atoms with E-state index in [-0.39, 0.29) is 0 Å². The molecule has 1 saturated heterocycles. The fraction of sp³-hybridized carbons (Fsp3) is 0.700. The molecule has 21 heavy (non-hydrogen) atoms. The number of hydrogen-bond acceptors (Lipinski definition) is 1. The highest BCUT2D eigenvalue weighted by atomic mass is 15.2. The van der Waals surface area contributed by atoms with Gasteiger partial charge in [0.05, 0.1) is 0 Å². The summed E-state index contributed by atoms with van der Waals surface area (Å²) in [5.74, 6) is 0.912. The van der Waals surface area contributed by atoms with Crippen LogP contribution in [0.3, 0.4) is 0 Å². The molecule has 0 aromatic heterocycles. The molecular formula is C20H31N. The van der Waals surface area contributed by atoms with Crippen LogP contribution in [-0.4, -0.2) is 24.0 Å². The summed E-state index contributed by atoms with van der Waals surface area (Å²) in [7, 11) is 0. The summed E-state index contributed by atoms with van der Waals surface area (Å²) in [6.07, 6.45) is 9.20. The third kappa shape index (κ3) is 2.77. The van der Waals surface area contributed by atoms with Crippen molar-refractivity contribution < 1.29 is 0 Å². The highest BCUT2D eigenvalue weighted by molar-refractivity contribution is 5.44. The van der Waals surface area contributed by atoms with Gasteiger partial charge in [0.1, 0.15) is 0 Å². The summed E-state index contributed by atoms with van der Waals surface area (Å²) < 4.78 is 0. The molecular weight excluding hydrogens is 254 g/mol. The van der Waals surface area contributed by atoms with Crippen LogP contribution in [0.15, 0.2) is 12.1 Å². The van der Waals surface area contributed by atoms with E-state index in [4.69, 9.17) is 0 Å². The average molecular weight is 285 g/mol. The summed E-state index contributed by atoms with van der Waals surface area (Å²) in [4.78, 5) is 2.79. The van der Waals surface area contributed by atoms with Crippen LogP contribution in [0.2, 0.25) is 0 Å². The second-order valence-electron chi connectivity index (χ2n) is 6.96. The highest BCUT2D eigenvalue weighted by Crippen LogP contribution is 2.37. The molecule has 1 aromatic carbocycles. The van der Waals surface area contributed by atoms with Crippen LogP contribution in [0.1, 0.15) is 62.3 Å². The number of piperidine rings is 1. The number of rotatable bonds is 4. The molecule has 1 aliphatic carbocycles. The third-order valence-corrected chi connectivity index (χ3v) is 5.80. The Morgan fingerprint density at radius 3 is 2.67 bits per heavy atom. The predicted molar refractivity (Wildman–Crippen MR) is 91.0 cm³/mol. The van der Waals surface area contributed by atoms with Gasteiger partial charge in [-0.15, -0.1) is 0 Å². The molecule has 1 heterocycles. The molecule has 0 spiro atoms. The lowest BCUT2D eigenvalue weighted by atomic mass is 9.73. The first-order valence-corrected chi connectivity index (χ1v) is 9.14. The zero-order chi connectivity index (χ0) is 14.8. The first kappa shape index (κ1) is 15.1. The van der Waals surface area contributed by atoms with Gasteiger partial charge in [-0.05, 0) is 86.2 Å². The van der Waals surface area contributed by atoms with Gasteiger partial charge in [0.15, 0.2) is 0 Å². The van der Waals surface area contributed by atoms with E-state index >= 15 is 0 Å². The Kier molecular flexibility index (Phi) is 4.69.